The average Bonchev–Trinajstić information content (AvgIpc) is 2.75. The van der Waals surface area contributed by atoms with Crippen LogP contribution in [0.4, 0.5) is 20.2 Å². The average molecular weight is 444 g/mol. The highest BCUT2D eigenvalue weighted by Crippen LogP contribution is 2.20. The minimum Gasteiger partial charge on any atom is -0.497 e. The van der Waals surface area contributed by atoms with Gasteiger partial charge in [-0.05, 0) is 60.2 Å². The van der Waals surface area contributed by atoms with Crippen molar-refractivity contribution in [1.82, 2.24) is 0 Å². The summed E-state index contributed by atoms with van der Waals surface area (Å²) in [7, 11) is -2.28. The van der Waals surface area contributed by atoms with Crippen LogP contribution in [0.1, 0.15) is 5.56 Å². The van der Waals surface area contributed by atoms with Gasteiger partial charge in [-0.15, -0.1) is 0 Å². The summed E-state index contributed by atoms with van der Waals surface area (Å²) < 4.78 is 59.0. The molecule has 9 heteroatoms. The zero-order valence-corrected chi connectivity index (χ0v) is 17.1. The van der Waals surface area contributed by atoms with Crippen molar-refractivity contribution in [1.29, 1.82) is 0 Å². The summed E-state index contributed by atoms with van der Waals surface area (Å²) in [6.07, 6.45) is 2.59. The molecule has 0 aromatic heterocycles. The molecule has 0 saturated heterocycles. The zero-order valence-electron chi connectivity index (χ0n) is 16.3. The summed E-state index contributed by atoms with van der Waals surface area (Å²) in [6.45, 7) is 0. The molecule has 3 aromatic rings. The summed E-state index contributed by atoms with van der Waals surface area (Å²) in [6, 6.07) is 15.1. The van der Waals surface area contributed by atoms with Gasteiger partial charge in [-0.2, -0.15) is 0 Å². The van der Waals surface area contributed by atoms with Crippen LogP contribution in [0.25, 0.3) is 6.08 Å². The van der Waals surface area contributed by atoms with Gasteiger partial charge < -0.3 is 10.1 Å². The molecule has 0 spiro atoms. The number of sulfonamides is 1. The van der Waals surface area contributed by atoms with Crippen molar-refractivity contribution in [3.8, 4) is 5.75 Å². The molecule has 0 bridgehead atoms. The van der Waals surface area contributed by atoms with Gasteiger partial charge in [-0.1, -0.05) is 12.1 Å². The van der Waals surface area contributed by atoms with Crippen LogP contribution in [0.3, 0.4) is 0 Å². The number of rotatable bonds is 7. The van der Waals surface area contributed by atoms with E-state index in [1.54, 1.807) is 24.3 Å². The Morgan fingerprint density at radius 3 is 2.26 bits per heavy atom. The normalized spacial score (nSPS) is 11.3. The first-order valence-corrected chi connectivity index (χ1v) is 10.5. The molecule has 2 N–H and O–H groups in total. The Morgan fingerprint density at radius 2 is 1.65 bits per heavy atom. The van der Waals surface area contributed by atoms with E-state index in [0.29, 0.717) is 23.1 Å². The van der Waals surface area contributed by atoms with Crippen molar-refractivity contribution >= 4 is 33.4 Å². The zero-order chi connectivity index (χ0) is 22.4. The fraction of sp³-hybridized carbons (Fsp3) is 0.0455. The van der Waals surface area contributed by atoms with Gasteiger partial charge in [0.15, 0.2) is 0 Å². The van der Waals surface area contributed by atoms with E-state index in [1.165, 1.54) is 37.5 Å². The lowest BCUT2D eigenvalue weighted by Crippen LogP contribution is -2.12. The Bertz CT molecular complexity index is 1210. The standard InChI is InChI=1S/C22H18F2N2O4S/c1-30-18-8-6-17(7-9-18)26-31(28,29)19-10-2-15(3-11-19)4-13-22(27)25-21-12-5-16(23)14-20(21)24/h2-14,26H,1H3,(H,25,27)/b13-4+. The molecule has 3 rings (SSSR count). The first kappa shape index (κ1) is 22.0. The predicted molar refractivity (Wildman–Crippen MR) is 114 cm³/mol. The number of amides is 1. The minimum atomic E-state index is -3.80. The molecule has 6 nitrogen and oxygen atoms in total. The Hall–Kier alpha value is -3.72. The number of hydrogen-bond donors (Lipinski definition) is 2. The van der Waals surface area contributed by atoms with Gasteiger partial charge in [0.05, 0.1) is 17.7 Å². The third kappa shape index (κ3) is 5.89. The molecule has 3 aromatic carbocycles. The third-order valence-electron chi connectivity index (χ3n) is 4.15. The van der Waals surface area contributed by atoms with Crippen LogP contribution >= 0.6 is 0 Å². The molecule has 0 aliphatic rings. The molecule has 0 aliphatic heterocycles. The Morgan fingerprint density at radius 1 is 0.968 bits per heavy atom. The van der Waals surface area contributed by atoms with Gasteiger partial charge in [0.25, 0.3) is 10.0 Å². The smallest absolute Gasteiger partial charge is 0.261 e. The quantitative estimate of drug-likeness (QED) is 0.528. The maximum Gasteiger partial charge on any atom is 0.261 e. The molecule has 31 heavy (non-hydrogen) atoms. The van der Waals surface area contributed by atoms with Gasteiger partial charge >= 0.3 is 0 Å². The van der Waals surface area contributed by atoms with Crippen molar-refractivity contribution < 1.29 is 26.7 Å². The van der Waals surface area contributed by atoms with Gasteiger partial charge in [0.1, 0.15) is 17.4 Å². The fourth-order valence-electron chi connectivity index (χ4n) is 2.57. The fourth-order valence-corrected chi connectivity index (χ4v) is 3.63. The summed E-state index contributed by atoms with van der Waals surface area (Å²) in [4.78, 5) is 12.0. The van der Waals surface area contributed by atoms with E-state index in [2.05, 4.69) is 10.0 Å². The van der Waals surface area contributed by atoms with Crippen LogP contribution in [0.15, 0.2) is 77.7 Å². The second kappa shape index (κ2) is 9.40. The predicted octanol–water partition coefficient (Wildman–Crippen LogP) is 4.43. The van der Waals surface area contributed by atoms with Crippen molar-refractivity contribution in [2.75, 3.05) is 17.1 Å². The molecule has 0 heterocycles. The van der Waals surface area contributed by atoms with Gasteiger partial charge in [-0.25, -0.2) is 17.2 Å². The van der Waals surface area contributed by atoms with E-state index in [-0.39, 0.29) is 10.6 Å². The van der Waals surface area contributed by atoms with Gasteiger partial charge in [0.2, 0.25) is 5.91 Å². The maximum absolute atomic E-state index is 13.6. The Kier molecular flexibility index (Phi) is 6.66. The molecule has 1 amide bonds. The first-order valence-electron chi connectivity index (χ1n) is 8.98. The number of benzene rings is 3. The van der Waals surface area contributed by atoms with E-state index in [4.69, 9.17) is 4.74 Å². The molecule has 0 radical (unpaired) electrons. The molecule has 0 atom stereocenters. The van der Waals surface area contributed by atoms with E-state index < -0.39 is 27.6 Å². The largest absolute Gasteiger partial charge is 0.497 e. The highest BCUT2D eigenvalue weighted by molar-refractivity contribution is 7.92. The Balaban J connectivity index is 1.65. The molecule has 0 saturated carbocycles. The number of carbonyl (C=O) groups is 1. The van der Waals surface area contributed by atoms with Crippen molar-refractivity contribution in [2.45, 2.75) is 4.90 Å². The van der Waals surface area contributed by atoms with Crippen LogP contribution < -0.4 is 14.8 Å². The summed E-state index contributed by atoms with van der Waals surface area (Å²) in [5.74, 6) is -1.66. The SMILES string of the molecule is COc1ccc(NS(=O)(=O)c2ccc(/C=C/C(=O)Nc3ccc(F)cc3F)cc2)cc1. The Labute approximate surface area is 178 Å². The number of hydrogen-bond acceptors (Lipinski definition) is 4. The summed E-state index contributed by atoms with van der Waals surface area (Å²) in [5.41, 5.74) is 0.787. The maximum atomic E-state index is 13.6. The number of nitrogens with one attached hydrogen (secondary N) is 2. The summed E-state index contributed by atoms with van der Waals surface area (Å²) >= 11 is 0. The molecular formula is C22H18F2N2O4S. The summed E-state index contributed by atoms with van der Waals surface area (Å²) in [5, 5.41) is 2.30. The highest BCUT2D eigenvalue weighted by Gasteiger charge is 2.14. The van der Waals surface area contributed by atoms with Crippen molar-refractivity contribution in [2.24, 2.45) is 0 Å². The third-order valence-corrected chi connectivity index (χ3v) is 5.55. The van der Waals surface area contributed by atoms with Crippen LogP contribution in [0.2, 0.25) is 0 Å². The molecule has 160 valence electrons. The van der Waals surface area contributed by atoms with Gasteiger partial charge in [-0.3, -0.25) is 9.52 Å². The number of anilines is 2. The van der Waals surface area contributed by atoms with Crippen molar-refractivity contribution in [3.63, 3.8) is 0 Å². The molecule has 0 fully saturated rings. The number of halogens is 2. The number of methoxy groups -OCH3 is 1. The lowest BCUT2D eigenvalue weighted by molar-refractivity contribution is -0.111. The highest BCUT2D eigenvalue weighted by atomic mass is 32.2. The second-order valence-corrected chi connectivity index (χ2v) is 8.03. The second-order valence-electron chi connectivity index (χ2n) is 6.35. The van der Waals surface area contributed by atoms with E-state index in [1.807, 2.05) is 0 Å². The van der Waals surface area contributed by atoms with Crippen LogP contribution in [-0.4, -0.2) is 21.4 Å². The topological polar surface area (TPSA) is 84.5 Å². The lowest BCUT2D eigenvalue weighted by atomic mass is 10.2. The number of ether oxygens (including phenoxy) is 1. The van der Waals surface area contributed by atoms with Crippen molar-refractivity contribution in [3.05, 3.63) is 90.0 Å². The van der Waals surface area contributed by atoms with Crippen LogP contribution in [0, 0.1) is 11.6 Å². The van der Waals surface area contributed by atoms with E-state index in [9.17, 15) is 22.0 Å². The number of carbonyl (C=O) groups excluding carboxylic acids is 1. The molecular weight excluding hydrogens is 426 g/mol. The molecule has 0 unspecified atom stereocenters. The lowest BCUT2D eigenvalue weighted by Gasteiger charge is -2.09. The van der Waals surface area contributed by atoms with Crippen LogP contribution in [-0.2, 0) is 14.8 Å². The molecule has 0 aliphatic carbocycles. The van der Waals surface area contributed by atoms with E-state index >= 15 is 0 Å². The van der Waals surface area contributed by atoms with Crippen LogP contribution in [0.5, 0.6) is 5.75 Å². The van der Waals surface area contributed by atoms with Gasteiger partial charge in [0, 0.05) is 17.8 Å². The van der Waals surface area contributed by atoms with E-state index in [0.717, 1.165) is 18.2 Å². The minimum absolute atomic E-state index is 0.0401. The first-order chi connectivity index (χ1) is 14.8. The monoisotopic (exact) mass is 444 g/mol.